The number of aryl methyl sites for hydroxylation is 1. The Kier molecular flexibility index (Phi) is 2.88. The van der Waals surface area contributed by atoms with E-state index < -0.39 is 0 Å². The van der Waals surface area contributed by atoms with E-state index in [1.165, 1.54) is 0 Å². The number of pyridine rings is 1. The highest BCUT2D eigenvalue weighted by Gasteiger charge is 2.01. The van der Waals surface area contributed by atoms with Crippen molar-refractivity contribution in [3.05, 3.63) is 53.2 Å². The Balaban J connectivity index is 2.26. The zero-order valence-electron chi connectivity index (χ0n) is 8.27. The average molecular weight is 220 g/mol. The van der Waals surface area contributed by atoms with Crippen LogP contribution in [0.5, 0.6) is 11.6 Å². The van der Waals surface area contributed by atoms with Crippen LogP contribution in [0, 0.1) is 6.92 Å². The lowest BCUT2D eigenvalue weighted by Gasteiger charge is -2.06. The van der Waals surface area contributed by atoms with Crippen LogP contribution in [0.25, 0.3) is 0 Å². The molecule has 0 aliphatic carbocycles. The van der Waals surface area contributed by atoms with Crippen molar-refractivity contribution in [1.29, 1.82) is 0 Å². The maximum absolute atomic E-state index is 5.85. The maximum Gasteiger partial charge on any atom is 0.222 e. The molecule has 0 amide bonds. The number of benzene rings is 1. The van der Waals surface area contributed by atoms with Gasteiger partial charge in [0.1, 0.15) is 5.75 Å². The van der Waals surface area contributed by atoms with Crippen LogP contribution in [0.3, 0.4) is 0 Å². The highest BCUT2D eigenvalue weighted by Crippen LogP contribution is 2.24. The third kappa shape index (κ3) is 2.48. The van der Waals surface area contributed by atoms with Crippen molar-refractivity contribution in [2.75, 3.05) is 0 Å². The number of aromatic nitrogens is 1. The highest BCUT2D eigenvalue weighted by atomic mass is 35.5. The summed E-state index contributed by atoms with van der Waals surface area (Å²) in [4.78, 5) is 4.14. The van der Waals surface area contributed by atoms with E-state index in [0.29, 0.717) is 16.7 Å². The van der Waals surface area contributed by atoms with Crippen molar-refractivity contribution in [2.45, 2.75) is 6.92 Å². The molecule has 0 N–H and O–H groups in total. The molecule has 2 aromatic rings. The fourth-order valence-electron chi connectivity index (χ4n) is 1.22. The zero-order valence-corrected chi connectivity index (χ0v) is 9.03. The predicted octanol–water partition coefficient (Wildman–Crippen LogP) is 3.84. The van der Waals surface area contributed by atoms with E-state index >= 15 is 0 Å². The van der Waals surface area contributed by atoms with Crippen molar-refractivity contribution in [3.63, 3.8) is 0 Å². The number of hydrogen-bond acceptors (Lipinski definition) is 2. The number of ether oxygens (including phenoxy) is 1. The first-order valence-electron chi connectivity index (χ1n) is 4.61. The third-order valence-electron chi connectivity index (χ3n) is 1.97. The second kappa shape index (κ2) is 4.32. The van der Waals surface area contributed by atoms with Gasteiger partial charge in [0.05, 0.1) is 0 Å². The van der Waals surface area contributed by atoms with Gasteiger partial charge in [-0.2, -0.15) is 0 Å². The molecule has 0 aliphatic rings. The molecule has 0 bridgehead atoms. The molecule has 0 aliphatic heterocycles. The molecule has 0 radical (unpaired) electrons. The molecule has 76 valence electrons. The van der Waals surface area contributed by atoms with Crippen LogP contribution in [-0.4, -0.2) is 4.98 Å². The van der Waals surface area contributed by atoms with Gasteiger partial charge in [0.25, 0.3) is 0 Å². The van der Waals surface area contributed by atoms with Crippen LogP contribution in [0.15, 0.2) is 42.6 Å². The Morgan fingerprint density at radius 1 is 1.20 bits per heavy atom. The van der Waals surface area contributed by atoms with Crippen LogP contribution >= 0.6 is 11.6 Å². The van der Waals surface area contributed by atoms with Gasteiger partial charge in [0.2, 0.25) is 5.88 Å². The molecule has 0 fully saturated rings. The zero-order chi connectivity index (χ0) is 10.7. The van der Waals surface area contributed by atoms with Crippen molar-refractivity contribution in [2.24, 2.45) is 0 Å². The van der Waals surface area contributed by atoms with Crippen molar-refractivity contribution in [3.8, 4) is 11.6 Å². The quantitative estimate of drug-likeness (QED) is 0.766. The summed E-state index contributed by atoms with van der Waals surface area (Å²) in [6.07, 6.45) is 1.70. The molecule has 1 aromatic heterocycles. The Bertz CT molecular complexity index is 471. The largest absolute Gasteiger partial charge is 0.439 e. The summed E-state index contributed by atoms with van der Waals surface area (Å²) in [6, 6.07) is 11.1. The molecular formula is C12H10ClNO. The summed E-state index contributed by atoms with van der Waals surface area (Å²) in [7, 11) is 0. The number of halogens is 1. The molecule has 1 heterocycles. The molecule has 2 nitrogen and oxygen atoms in total. The highest BCUT2D eigenvalue weighted by molar-refractivity contribution is 6.30. The van der Waals surface area contributed by atoms with Gasteiger partial charge in [-0.25, -0.2) is 4.98 Å². The molecule has 0 atom stereocenters. The molecule has 0 saturated carbocycles. The lowest BCUT2D eigenvalue weighted by molar-refractivity contribution is 0.459. The minimum atomic E-state index is 0.611. The van der Waals surface area contributed by atoms with E-state index in [4.69, 9.17) is 16.3 Å². The van der Waals surface area contributed by atoms with Gasteiger partial charge in [0, 0.05) is 16.8 Å². The molecule has 2 rings (SSSR count). The van der Waals surface area contributed by atoms with Crippen LogP contribution in [0.1, 0.15) is 5.56 Å². The summed E-state index contributed by atoms with van der Waals surface area (Å²) < 4.78 is 5.59. The second-order valence-corrected chi connectivity index (χ2v) is 3.62. The molecule has 0 spiro atoms. The standard InChI is InChI=1S/C12H10ClNO/c1-9-4-3-7-14-12(9)15-11-6-2-5-10(13)8-11/h2-8H,1H3. The van der Waals surface area contributed by atoms with Crippen molar-refractivity contribution >= 4 is 11.6 Å². The van der Waals surface area contributed by atoms with E-state index in [1.54, 1.807) is 18.3 Å². The monoisotopic (exact) mass is 219 g/mol. The summed E-state index contributed by atoms with van der Waals surface area (Å²) >= 11 is 5.85. The van der Waals surface area contributed by atoms with E-state index in [0.717, 1.165) is 5.56 Å². The van der Waals surface area contributed by atoms with E-state index in [2.05, 4.69) is 4.98 Å². The number of nitrogens with zero attached hydrogens (tertiary/aromatic N) is 1. The van der Waals surface area contributed by atoms with Gasteiger partial charge in [0.15, 0.2) is 0 Å². The Morgan fingerprint density at radius 3 is 2.80 bits per heavy atom. The molecule has 0 unspecified atom stereocenters. The summed E-state index contributed by atoms with van der Waals surface area (Å²) in [5.41, 5.74) is 0.998. The topological polar surface area (TPSA) is 22.1 Å². The molecule has 0 saturated heterocycles. The van der Waals surface area contributed by atoms with Crippen LogP contribution in [0.2, 0.25) is 5.02 Å². The average Bonchev–Trinajstić information content (AvgIpc) is 2.22. The molecular weight excluding hydrogens is 210 g/mol. The van der Waals surface area contributed by atoms with E-state index in [1.807, 2.05) is 31.2 Å². The normalized spacial score (nSPS) is 10.0. The molecule has 3 heteroatoms. The third-order valence-corrected chi connectivity index (χ3v) is 2.21. The first-order valence-corrected chi connectivity index (χ1v) is 4.98. The number of rotatable bonds is 2. The van der Waals surface area contributed by atoms with E-state index in [9.17, 15) is 0 Å². The number of hydrogen-bond donors (Lipinski definition) is 0. The predicted molar refractivity (Wildman–Crippen MR) is 60.5 cm³/mol. The van der Waals surface area contributed by atoms with Crippen molar-refractivity contribution in [1.82, 2.24) is 4.98 Å². The Hall–Kier alpha value is -1.54. The summed E-state index contributed by atoms with van der Waals surface area (Å²) in [5, 5.41) is 0.654. The fraction of sp³-hybridized carbons (Fsp3) is 0.0833. The second-order valence-electron chi connectivity index (χ2n) is 3.18. The van der Waals surface area contributed by atoms with E-state index in [-0.39, 0.29) is 0 Å². The lowest BCUT2D eigenvalue weighted by Crippen LogP contribution is -1.89. The van der Waals surface area contributed by atoms with Gasteiger partial charge in [-0.05, 0) is 31.2 Å². The minimum absolute atomic E-state index is 0.611. The van der Waals surface area contributed by atoms with Gasteiger partial charge < -0.3 is 4.74 Å². The smallest absolute Gasteiger partial charge is 0.222 e. The Morgan fingerprint density at radius 2 is 2.07 bits per heavy atom. The van der Waals surface area contributed by atoms with Crippen molar-refractivity contribution < 1.29 is 4.74 Å². The molecule has 15 heavy (non-hydrogen) atoms. The Labute approximate surface area is 93.5 Å². The van der Waals surface area contributed by atoms with Gasteiger partial charge in [-0.15, -0.1) is 0 Å². The maximum atomic E-state index is 5.85. The summed E-state index contributed by atoms with van der Waals surface area (Å²) in [5.74, 6) is 1.31. The SMILES string of the molecule is Cc1cccnc1Oc1cccc(Cl)c1. The van der Waals surface area contributed by atoms with Gasteiger partial charge in [-0.1, -0.05) is 23.7 Å². The van der Waals surface area contributed by atoms with Gasteiger partial charge >= 0.3 is 0 Å². The van der Waals surface area contributed by atoms with Crippen LogP contribution in [0.4, 0.5) is 0 Å². The molecule has 1 aromatic carbocycles. The van der Waals surface area contributed by atoms with Crippen LogP contribution < -0.4 is 4.74 Å². The first-order chi connectivity index (χ1) is 7.25. The fourth-order valence-corrected chi connectivity index (χ4v) is 1.40. The lowest BCUT2D eigenvalue weighted by atomic mass is 10.3. The minimum Gasteiger partial charge on any atom is -0.439 e. The summed E-state index contributed by atoms with van der Waals surface area (Å²) in [6.45, 7) is 1.95. The van der Waals surface area contributed by atoms with Crippen LogP contribution in [-0.2, 0) is 0 Å². The first kappa shape index (κ1) is 9.99. The van der Waals surface area contributed by atoms with Gasteiger partial charge in [-0.3, -0.25) is 0 Å².